The van der Waals surface area contributed by atoms with Gasteiger partial charge in [0.1, 0.15) is 0 Å². The Morgan fingerprint density at radius 3 is 1.90 bits per heavy atom. The lowest BCUT2D eigenvalue weighted by molar-refractivity contribution is 0.237. The molecule has 0 atom stereocenters. The maximum atomic E-state index is 12.6. The lowest BCUT2D eigenvalue weighted by atomic mass is 9.71. The average molecular weight is 397 g/mol. The topological polar surface area (TPSA) is 41.1 Å². The van der Waals surface area contributed by atoms with Gasteiger partial charge < -0.3 is 10.6 Å². The molecule has 2 N–H and O–H groups in total. The third-order valence-corrected chi connectivity index (χ3v) is 5.36. The Hall–Kier alpha value is -3.55. The number of benzene rings is 3. The second-order valence-corrected chi connectivity index (χ2v) is 7.28. The molecule has 0 aliphatic carbocycles. The molecule has 152 valence electrons. The summed E-state index contributed by atoms with van der Waals surface area (Å²) in [5.41, 5.74) is 5.95. The van der Waals surface area contributed by atoms with E-state index in [4.69, 9.17) is 0 Å². The first-order chi connectivity index (χ1) is 14.7. The molecule has 0 saturated heterocycles. The number of amides is 2. The fraction of sp³-hybridized carbons (Fsp3) is 0.185. The van der Waals surface area contributed by atoms with Gasteiger partial charge in [-0.25, -0.2) is 4.79 Å². The second-order valence-electron chi connectivity index (χ2n) is 7.28. The number of nitrogens with one attached hydrogen (secondary N) is 2. The van der Waals surface area contributed by atoms with Gasteiger partial charge in [-0.3, -0.25) is 0 Å². The normalized spacial score (nSPS) is 10.7. The Labute approximate surface area is 179 Å². The van der Waals surface area contributed by atoms with Crippen molar-refractivity contribution in [2.75, 3.05) is 6.54 Å². The molecule has 0 aromatic heterocycles. The van der Waals surface area contributed by atoms with Crippen LogP contribution in [0.3, 0.4) is 0 Å². The molecule has 3 heteroatoms. The molecule has 0 bridgehead atoms. The smallest absolute Gasteiger partial charge is 0.315 e. The van der Waals surface area contributed by atoms with Crippen LogP contribution in [0, 0.1) is 0 Å². The Bertz CT molecular complexity index is 922. The zero-order valence-electron chi connectivity index (χ0n) is 17.2. The molecule has 0 aliphatic rings. The van der Waals surface area contributed by atoms with Crippen molar-refractivity contribution >= 4 is 6.03 Å². The van der Waals surface area contributed by atoms with Crippen LogP contribution in [0.4, 0.5) is 4.79 Å². The van der Waals surface area contributed by atoms with E-state index in [1.165, 1.54) is 11.1 Å². The number of carbonyl (C=O) groups excluding carboxylic acids is 1. The van der Waals surface area contributed by atoms with Crippen molar-refractivity contribution in [1.82, 2.24) is 10.6 Å². The highest BCUT2D eigenvalue weighted by Crippen LogP contribution is 2.36. The summed E-state index contributed by atoms with van der Waals surface area (Å²) in [7, 11) is 0. The number of urea groups is 1. The highest BCUT2D eigenvalue weighted by molar-refractivity contribution is 5.74. The van der Waals surface area contributed by atoms with Gasteiger partial charge in [0, 0.05) is 18.5 Å². The predicted molar refractivity (Wildman–Crippen MR) is 123 cm³/mol. The fourth-order valence-corrected chi connectivity index (χ4v) is 3.75. The van der Waals surface area contributed by atoms with Crippen molar-refractivity contribution in [2.24, 2.45) is 0 Å². The van der Waals surface area contributed by atoms with Gasteiger partial charge in [-0.15, -0.1) is 5.73 Å². The molecule has 3 aromatic carbocycles. The monoisotopic (exact) mass is 396 g/mol. The Morgan fingerprint density at radius 2 is 1.37 bits per heavy atom. The summed E-state index contributed by atoms with van der Waals surface area (Å²) in [5.74, 6) is 0. The minimum Gasteiger partial charge on any atom is -0.337 e. The first-order valence-electron chi connectivity index (χ1n) is 10.3. The summed E-state index contributed by atoms with van der Waals surface area (Å²) in [6.45, 7) is 4.68. The molecule has 0 unspecified atom stereocenters. The van der Waals surface area contributed by atoms with Crippen molar-refractivity contribution in [1.29, 1.82) is 0 Å². The van der Waals surface area contributed by atoms with Crippen molar-refractivity contribution in [3.63, 3.8) is 0 Å². The Balaban J connectivity index is 1.82. The van der Waals surface area contributed by atoms with Crippen LogP contribution < -0.4 is 10.6 Å². The van der Waals surface area contributed by atoms with Crippen molar-refractivity contribution < 1.29 is 4.79 Å². The average Bonchev–Trinajstić information content (AvgIpc) is 2.82. The SMILES string of the molecule is C=C=CCCC(CNC(=O)NCc1ccccc1)(c1ccccc1)c1ccccc1. The standard InChI is InChI=1S/C27H28N2O/c1-2-3-13-20-27(24-16-9-5-10-17-24,25-18-11-6-12-19-25)22-29-26(30)28-21-23-14-7-4-8-15-23/h3-12,14-19H,1,13,20-22H2,(H2,28,29,30). The Kier molecular flexibility index (Phi) is 7.65. The molecule has 3 nitrogen and oxygen atoms in total. The molecule has 3 aromatic rings. The molecular weight excluding hydrogens is 368 g/mol. The van der Waals surface area contributed by atoms with E-state index in [2.05, 4.69) is 47.2 Å². The summed E-state index contributed by atoms with van der Waals surface area (Å²) >= 11 is 0. The van der Waals surface area contributed by atoms with E-state index in [0.717, 1.165) is 18.4 Å². The summed E-state index contributed by atoms with van der Waals surface area (Å²) < 4.78 is 0. The number of hydrogen-bond acceptors (Lipinski definition) is 1. The van der Waals surface area contributed by atoms with E-state index < -0.39 is 0 Å². The van der Waals surface area contributed by atoms with E-state index in [-0.39, 0.29) is 11.4 Å². The van der Waals surface area contributed by atoms with Crippen LogP contribution in [0.25, 0.3) is 0 Å². The van der Waals surface area contributed by atoms with E-state index in [1.54, 1.807) is 0 Å². The summed E-state index contributed by atoms with van der Waals surface area (Å²) in [4.78, 5) is 12.6. The minimum absolute atomic E-state index is 0.172. The van der Waals surface area contributed by atoms with Gasteiger partial charge in [-0.2, -0.15) is 0 Å². The maximum Gasteiger partial charge on any atom is 0.315 e. The molecule has 0 fully saturated rings. The maximum absolute atomic E-state index is 12.6. The number of rotatable bonds is 9. The van der Waals surface area contributed by atoms with Crippen LogP contribution in [-0.2, 0) is 12.0 Å². The predicted octanol–water partition coefficient (Wildman–Crippen LogP) is 5.59. The van der Waals surface area contributed by atoms with Gasteiger partial charge in [0.15, 0.2) is 0 Å². The van der Waals surface area contributed by atoms with E-state index >= 15 is 0 Å². The summed E-state index contributed by atoms with van der Waals surface area (Å²) in [5, 5.41) is 6.08. The van der Waals surface area contributed by atoms with Crippen LogP contribution in [0.1, 0.15) is 29.5 Å². The van der Waals surface area contributed by atoms with Crippen molar-refractivity contribution in [2.45, 2.75) is 24.8 Å². The van der Waals surface area contributed by atoms with Crippen LogP contribution in [-0.4, -0.2) is 12.6 Å². The summed E-state index contributed by atoms with van der Waals surface area (Å²) in [6.07, 6.45) is 3.61. The van der Waals surface area contributed by atoms with E-state index in [0.29, 0.717) is 13.1 Å². The van der Waals surface area contributed by atoms with Gasteiger partial charge in [-0.1, -0.05) is 97.6 Å². The zero-order chi connectivity index (χ0) is 21.1. The highest BCUT2D eigenvalue weighted by Gasteiger charge is 2.34. The van der Waals surface area contributed by atoms with Crippen molar-refractivity contribution in [3.05, 3.63) is 126 Å². The lowest BCUT2D eigenvalue weighted by Crippen LogP contribution is -2.45. The minimum atomic E-state index is -0.347. The molecule has 2 amide bonds. The number of carbonyl (C=O) groups is 1. The van der Waals surface area contributed by atoms with Crippen LogP contribution in [0.2, 0.25) is 0 Å². The Morgan fingerprint density at radius 1 is 0.833 bits per heavy atom. The molecule has 0 saturated carbocycles. The molecule has 0 heterocycles. The molecular formula is C27H28N2O. The largest absolute Gasteiger partial charge is 0.337 e. The second kappa shape index (κ2) is 10.8. The first kappa shape index (κ1) is 21.2. The molecule has 0 aliphatic heterocycles. The van der Waals surface area contributed by atoms with Crippen LogP contribution in [0.5, 0.6) is 0 Å². The fourth-order valence-electron chi connectivity index (χ4n) is 3.75. The number of allylic oxidation sites excluding steroid dienone is 1. The molecule has 0 radical (unpaired) electrons. The van der Waals surface area contributed by atoms with E-state index in [1.807, 2.05) is 72.8 Å². The molecule has 30 heavy (non-hydrogen) atoms. The number of hydrogen-bond donors (Lipinski definition) is 2. The highest BCUT2D eigenvalue weighted by atomic mass is 16.2. The van der Waals surface area contributed by atoms with Gasteiger partial charge >= 0.3 is 6.03 Å². The van der Waals surface area contributed by atoms with Gasteiger partial charge in [0.25, 0.3) is 0 Å². The quantitative estimate of drug-likeness (QED) is 0.455. The van der Waals surface area contributed by atoms with E-state index in [9.17, 15) is 4.79 Å². The van der Waals surface area contributed by atoms with Gasteiger partial charge in [0.2, 0.25) is 0 Å². The van der Waals surface area contributed by atoms with Gasteiger partial charge in [-0.05, 0) is 35.6 Å². The molecule has 3 rings (SSSR count). The lowest BCUT2D eigenvalue weighted by Gasteiger charge is -2.35. The zero-order valence-corrected chi connectivity index (χ0v) is 17.2. The van der Waals surface area contributed by atoms with Crippen LogP contribution in [0.15, 0.2) is 109 Å². The molecule has 0 spiro atoms. The van der Waals surface area contributed by atoms with Crippen molar-refractivity contribution in [3.8, 4) is 0 Å². The summed E-state index contributed by atoms with van der Waals surface area (Å²) in [6, 6.07) is 30.5. The van der Waals surface area contributed by atoms with Gasteiger partial charge in [0.05, 0.1) is 0 Å². The third kappa shape index (κ3) is 5.50. The third-order valence-electron chi connectivity index (χ3n) is 5.36. The first-order valence-corrected chi connectivity index (χ1v) is 10.3. The van der Waals surface area contributed by atoms with Crippen LogP contribution >= 0.6 is 0 Å².